The third-order valence-electron chi connectivity index (χ3n) is 6.80. The van der Waals surface area contributed by atoms with Gasteiger partial charge in [0.1, 0.15) is 5.82 Å². The molecule has 0 saturated carbocycles. The van der Waals surface area contributed by atoms with Crippen LogP contribution in [-0.4, -0.2) is 17.1 Å². The van der Waals surface area contributed by atoms with E-state index in [0.717, 1.165) is 5.56 Å². The van der Waals surface area contributed by atoms with E-state index in [0.29, 0.717) is 0 Å². The van der Waals surface area contributed by atoms with Crippen molar-refractivity contribution in [3.8, 4) is 0 Å². The smallest absolute Gasteiger partial charge is 0.123 e. The normalized spacial score (nSPS) is 30.2. The van der Waals surface area contributed by atoms with Crippen molar-refractivity contribution in [1.82, 2.24) is 4.90 Å². The van der Waals surface area contributed by atoms with Gasteiger partial charge in [-0.05, 0) is 35.9 Å². The van der Waals surface area contributed by atoms with E-state index in [2.05, 4.69) is 50.1 Å². The fraction of sp³-hybridized carbons (Fsp3) is 0.308. The highest BCUT2D eigenvalue weighted by atomic mass is 19.1. The molecule has 1 aliphatic heterocycles. The zero-order chi connectivity index (χ0) is 20.6. The Morgan fingerprint density at radius 2 is 1.14 bits per heavy atom. The van der Waals surface area contributed by atoms with E-state index in [1.165, 1.54) is 23.3 Å². The van der Waals surface area contributed by atoms with Crippen LogP contribution in [0.15, 0.2) is 84.9 Å². The number of aliphatic hydroxyl groups is 1. The second kappa shape index (κ2) is 7.74. The van der Waals surface area contributed by atoms with Crippen molar-refractivity contribution in [2.24, 2.45) is 11.8 Å². The minimum Gasteiger partial charge on any atom is -0.384 e. The third-order valence-corrected chi connectivity index (χ3v) is 6.80. The van der Waals surface area contributed by atoms with E-state index in [9.17, 15) is 9.50 Å². The molecule has 1 aliphatic rings. The van der Waals surface area contributed by atoms with Gasteiger partial charge in [0.05, 0.1) is 5.60 Å². The van der Waals surface area contributed by atoms with Crippen LogP contribution in [0.2, 0.25) is 0 Å². The average molecular weight is 390 g/mol. The molecule has 4 rings (SSSR count). The van der Waals surface area contributed by atoms with Crippen molar-refractivity contribution >= 4 is 0 Å². The summed E-state index contributed by atoms with van der Waals surface area (Å²) in [7, 11) is 2.15. The summed E-state index contributed by atoms with van der Waals surface area (Å²) in [6, 6.07) is 27.1. The molecule has 2 nitrogen and oxygen atoms in total. The van der Waals surface area contributed by atoms with E-state index in [1.54, 1.807) is 12.1 Å². The predicted molar refractivity (Wildman–Crippen MR) is 115 cm³/mol. The lowest BCUT2D eigenvalue weighted by Crippen LogP contribution is -2.56. The maximum absolute atomic E-state index is 13.6. The van der Waals surface area contributed by atoms with E-state index in [4.69, 9.17) is 0 Å². The van der Waals surface area contributed by atoms with Gasteiger partial charge in [0, 0.05) is 23.9 Å². The Kier molecular flexibility index (Phi) is 5.28. The first-order valence-corrected chi connectivity index (χ1v) is 10.2. The summed E-state index contributed by atoms with van der Waals surface area (Å²) >= 11 is 0. The van der Waals surface area contributed by atoms with Gasteiger partial charge in [-0.2, -0.15) is 0 Å². The summed E-state index contributed by atoms with van der Waals surface area (Å²) in [5, 5.41) is 12.2. The molecule has 0 radical (unpaired) electrons. The molecular weight excluding hydrogens is 361 g/mol. The molecule has 3 heteroatoms. The molecular formula is C26H28FNO. The van der Waals surface area contributed by atoms with Crippen LogP contribution in [0.3, 0.4) is 0 Å². The zero-order valence-corrected chi connectivity index (χ0v) is 17.2. The second-order valence-electron chi connectivity index (χ2n) is 8.29. The number of nitrogens with zero attached hydrogens (tertiary/aromatic N) is 1. The number of benzene rings is 3. The van der Waals surface area contributed by atoms with Crippen molar-refractivity contribution in [3.05, 3.63) is 107 Å². The molecule has 0 amide bonds. The SMILES string of the molecule is C[C@@H]1[C@H](c2ccccc2)N(C)[C@@H](c2ccccc2)[C@@H](C)C1(O)c1ccc(F)cc1. The van der Waals surface area contributed by atoms with Crippen molar-refractivity contribution in [3.63, 3.8) is 0 Å². The molecule has 1 fully saturated rings. The number of piperidine rings is 1. The van der Waals surface area contributed by atoms with Gasteiger partial charge in [0.25, 0.3) is 0 Å². The monoisotopic (exact) mass is 389 g/mol. The molecule has 0 bridgehead atoms. The van der Waals surface area contributed by atoms with Gasteiger partial charge < -0.3 is 5.11 Å². The van der Waals surface area contributed by atoms with Crippen LogP contribution in [0.25, 0.3) is 0 Å². The average Bonchev–Trinajstić information content (AvgIpc) is 2.74. The zero-order valence-electron chi connectivity index (χ0n) is 17.2. The Balaban J connectivity index is 1.89. The highest BCUT2D eigenvalue weighted by Gasteiger charge is 2.54. The number of hydrogen-bond donors (Lipinski definition) is 1. The summed E-state index contributed by atoms with van der Waals surface area (Å²) in [4.78, 5) is 2.39. The van der Waals surface area contributed by atoms with Gasteiger partial charge in [-0.3, -0.25) is 4.90 Å². The number of halogens is 1. The molecule has 1 heterocycles. The van der Waals surface area contributed by atoms with Gasteiger partial charge in [-0.1, -0.05) is 86.6 Å². The Morgan fingerprint density at radius 3 is 1.55 bits per heavy atom. The van der Waals surface area contributed by atoms with Crippen molar-refractivity contribution in [2.75, 3.05) is 7.05 Å². The minimum absolute atomic E-state index is 0.0210. The molecule has 150 valence electrons. The first kappa shape index (κ1) is 19.8. The van der Waals surface area contributed by atoms with E-state index >= 15 is 0 Å². The maximum Gasteiger partial charge on any atom is 0.123 e. The highest BCUT2D eigenvalue weighted by molar-refractivity contribution is 5.33. The van der Waals surface area contributed by atoms with Crippen LogP contribution in [0.4, 0.5) is 4.39 Å². The van der Waals surface area contributed by atoms with E-state index in [1.807, 2.05) is 36.4 Å². The molecule has 3 aromatic rings. The number of rotatable bonds is 3. The molecule has 4 atom stereocenters. The molecule has 1 N–H and O–H groups in total. The van der Waals surface area contributed by atoms with Crippen LogP contribution in [0.1, 0.15) is 42.6 Å². The molecule has 29 heavy (non-hydrogen) atoms. The summed E-state index contributed by atoms with van der Waals surface area (Å²) < 4.78 is 13.6. The van der Waals surface area contributed by atoms with Crippen molar-refractivity contribution in [1.29, 1.82) is 0 Å². The fourth-order valence-electron chi connectivity index (χ4n) is 5.37. The number of hydrogen-bond acceptors (Lipinski definition) is 2. The van der Waals surface area contributed by atoms with Gasteiger partial charge in [-0.15, -0.1) is 0 Å². The molecule has 0 unspecified atom stereocenters. The summed E-state index contributed by atoms with van der Waals surface area (Å²) in [5.41, 5.74) is 2.03. The summed E-state index contributed by atoms with van der Waals surface area (Å²) in [5.74, 6) is -0.463. The lowest BCUT2D eigenvalue weighted by atomic mass is 9.62. The van der Waals surface area contributed by atoms with E-state index in [-0.39, 0.29) is 29.7 Å². The van der Waals surface area contributed by atoms with Crippen molar-refractivity contribution < 1.29 is 9.50 Å². The Labute approximate surface area is 172 Å². The predicted octanol–water partition coefficient (Wildman–Crippen LogP) is 5.71. The number of likely N-dealkylation sites (tertiary alicyclic amines) is 1. The second-order valence-corrected chi connectivity index (χ2v) is 8.29. The minimum atomic E-state index is -1.10. The molecule has 3 aromatic carbocycles. The summed E-state index contributed by atoms with van der Waals surface area (Å²) in [6.07, 6.45) is 0. The lowest BCUT2D eigenvalue weighted by Gasteiger charge is -2.56. The van der Waals surface area contributed by atoms with Crippen LogP contribution >= 0.6 is 0 Å². The largest absolute Gasteiger partial charge is 0.384 e. The van der Waals surface area contributed by atoms with Crippen LogP contribution in [-0.2, 0) is 5.60 Å². The van der Waals surface area contributed by atoms with Crippen molar-refractivity contribution in [2.45, 2.75) is 31.5 Å². The van der Waals surface area contributed by atoms with Crippen LogP contribution in [0, 0.1) is 17.7 Å². The van der Waals surface area contributed by atoms with Gasteiger partial charge in [0.15, 0.2) is 0 Å². The molecule has 1 saturated heterocycles. The first-order valence-electron chi connectivity index (χ1n) is 10.2. The highest BCUT2D eigenvalue weighted by Crippen LogP contribution is 2.55. The Bertz CT molecular complexity index is 888. The van der Waals surface area contributed by atoms with Gasteiger partial charge in [0.2, 0.25) is 0 Å². The Morgan fingerprint density at radius 1 is 0.724 bits per heavy atom. The standard InChI is InChI=1S/C26H28FNO/c1-18-24(20-10-6-4-7-11-20)28(3)25(21-12-8-5-9-13-21)19(2)26(18,29)22-14-16-23(27)17-15-22/h4-19,24-25,29H,1-3H3/t18-,19-,24-,25-/m1/s1. The quantitative estimate of drug-likeness (QED) is 0.620. The van der Waals surface area contributed by atoms with Gasteiger partial charge in [-0.25, -0.2) is 4.39 Å². The molecule has 0 spiro atoms. The Hall–Kier alpha value is -2.49. The topological polar surface area (TPSA) is 23.5 Å². The summed E-state index contributed by atoms with van der Waals surface area (Å²) in [6.45, 7) is 4.21. The fourth-order valence-corrected chi connectivity index (χ4v) is 5.37. The maximum atomic E-state index is 13.6. The first-order chi connectivity index (χ1) is 13.9. The van der Waals surface area contributed by atoms with Crippen LogP contribution < -0.4 is 0 Å². The molecule has 0 aromatic heterocycles. The van der Waals surface area contributed by atoms with Crippen LogP contribution in [0.5, 0.6) is 0 Å². The third kappa shape index (κ3) is 3.29. The van der Waals surface area contributed by atoms with Gasteiger partial charge >= 0.3 is 0 Å². The van der Waals surface area contributed by atoms with E-state index < -0.39 is 5.60 Å². The molecule has 0 aliphatic carbocycles. The lowest BCUT2D eigenvalue weighted by molar-refractivity contribution is -0.161.